The van der Waals surface area contributed by atoms with Gasteiger partial charge in [0.2, 0.25) is 0 Å². The van der Waals surface area contributed by atoms with Gasteiger partial charge in [-0.2, -0.15) is 0 Å². The molecule has 0 aromatic heterocycles. The topological polar surface area (TPSA) is 44.8 Å². The van der Waals surface area contributed by atoms with Gasteiger partial charge in [-0.3, -0.25) is 4.79 Å². The van der Waals surface area contributed by atoms with Gasteiger partial charge in [0.25, 0.3) is 0 Å². The summed E-state index contributed by atoms with van der Waals surface area (Å²) in [5, 5.41) is 0. The first kappa shape index (κ1) is 18.0. The molecular formula is C21H28O4. The molecule has 0 spiro atoms. The Morgan fingerprint density at radius 2 is 2.08 bits per heavy atom. The van der Waals surface area contributed by atoms with E-state index < -0.39 is 0 Å². The number of benzene rings is 1. The van der Waals surface area contributed by atoms with Crippen molar-refractivity contribution in [3.05, 3.63) is 34.9 Å². The zero-order valence-electron chi connectivity index (χ0n) is 15.8. The minimum absolute atomic E-state index is 0.0194. The van der Waals surface area contributed by atoms with Gasteiger partial charge in [0, 0.05) is 11.5 Å². The third kappa shape index (κ3) is 3.59. The van der Waals surface area contributed by atoms with E-state index in [0.29, 0.717) is 23.8 Å². The highest BCUT2D eigenvalue weighted by molar-refractivity contribution is 5.81. The number of hydrogen-bond donors (Lipinski definition) is 0. The molecule has 2 aliphatic heterocycles. The molecule has 1 fully saturated rings. The zero-order chi connectivity index (χ0) is 18.2. The van der Waals surface area contributed by atoms with Crippen molar-refractivity contribution in [1.29, 1.82) is 0 Å². The van der Waals surface area contributed by atoms with Gasteiger partial charge in [0.15, 0.2) is 6.29 Å². The van der Waals surface area contributed by atoms with Crippen LogP contribution in [-0.4, -0.2) is 24.6 Å². The molecule has 2 aliphatic rings. The summed E-state index contributed by atoms with van der Waals surface area (Å²) in [5.74, 6) is 1.62. The molecule has 1 aromatic rings. The molecule has 0 bridgehead atoms. The standard InChI is InChI=1S/C21H28O4/c1-13(2)8-9-23-18-11-16-19(10-15(18)12-22)25-21(4,5)17-7-6-14(3)24-20(16)17/h8,10-12,14,17,20H,6-7,9H2,1-5H3/t14-,17-,20+/m1/s1. The second-order valence-electron chi connectivity index (χ2n) is 7.89. The molecule has 2 heterocycles. The third-order valence-corrected chi connectivity index (χ3v) is 5.20. The predicted octanol–water partition coefficient (Wildman–Crippen LogP) is 4.87. The Morgan fingerprint density at radius 1 is 1.32 bits per heavy atom. The quantitative estimate of drug-likeness (QED) is 0.577. The van der Waals surface area contributed by atoms with Gasteiger partial charge in [-0.15, -0.1) is 0 Å². The van der Waals surface area contributed by atoms with Gasteiger partial charge < -0.3 is 14.2 Å². The lowest BCUT2D eigenvalue weighted by atomic mass is 9.75. The number of carbonyl (C=O) groups is 1. The zero-order valence-corrected chi connectivity index (χ0v) is 15.8. The lowest BCUT2D eigenvalue weighted by molar-refractivity contribution is -0.144. The highest BCUT2D eigenvalue weighted by Gasteiger charge is 2.47. The summed E-state index contributed by atoms with van der Waals surface area (Å²) in [6.07, 6.45) is 5.14. The van der Waals surface area contributed by atoms with Gasteiger partial charge in [0.05, 0.1) is 17.8 Å². The lowest BCUT2D eigenvalue weighted by Gasteiger charge is -2.48. The van der Waals surface area contributed by atoms with Crippen molar-refractivity contribution < 1.29 is 19.0 Å². The third-order valence-electron chi connectivity index (χ3n) is 5.20. The fourth-order valence-corrected chi connectivity index (χ4v) is 3.76. The van der Waals surface area contributed by atoms with Gasteiger partial charge in [-0.25, -0.2) is 0 Å². The molecule has 0 saturated carbocycles. The van der Waals surface area contributed by atoms with E-state index in [2.05, 4.69) is 20.8 Å². The van der Waals surface area contributed by atoms with Crippen LogP contribution in [0.3, 0.4) is 0 Å². The summed E-state index contributed by atoms with van der Waals surface area (Å²) in [6, 6.07) is 3.73. The second kappa shape index (κ2) is 6.83. The number of carbonyl (C=O) groups excluding carboxylic acids is 1. The molecule has 1 saturated heterocycles. The largest absolute Gasteiger partial charge is 0.489 e. The Hall–Kier alpha value is -1.81. The Morgan fingerprint density at radius 3 is 2.76 bits per heavy atom. The monoisotopic (exact) mass is 344 g/mol. The van der Waals surface area contributed by atoms with Crippen LogP contribution in [0.25, 0.3) is 0 Å². The summed E-state index contributed by atoms with van der Waals surface area (Å²) in [6.45, 7) is 10.8. The van der Waals surface area contributed by atoms with Crippen LogP contribution >= 0.6 is 0 Å². The predicted molar refractivity (Wildman–Crippen MR) is 97.5 cm³/mol. The van der Waals surface area contributed by atoms with Crippen molar-refractivity contribution in [3.63, 3.8) is 0 Å². The van der Waals surface area contributed by atoms with Crippen molar-refractivity contribution in [2.45, 2.75) is 65.3 Å². The van der Waals surface area contributed by atoms with E-state index in [1.165, 1.54) is 5.57 Å². The lowest BCUT2D eigenvalue weighted by Crippen LogP contribution is -2.48. The van der Waals surface area contributed by atoms with Crippen molar-refractivity contribution in [1.82, 2.24) is 0 Å². The van der Waals surface area contributed by atoms with Crippen LogP contribution < -0.4 is 9.47 Å². The van der Waals surface area contributed by atoms with Crippen molar-refractivity contribution in [3.8, 4) is 11.5 Å². The number of allylic oxidation sites excluding steroid dienone is 1. The number of hydrogen-bond acceptors (Lipinski definition) is 4. The van der Waals surface area contributed by atoms with Gasteiger partial charge >= 0.3 is 0 Å². The molecule has 0 unspecified atom stereocenters. The van der Waals surface area contributed by atoms with Gasteiger partial charge in [0.1, 0.15) is 23.7 Å². The van der Waals surface area contributed by atoms with Crippen molar-refractivity contribution in [2.24, 2.45) is 5.92 Å². The average Bonchev–Trinajstić information content (AvgIpc) is 2.53. The van der Waals surface area contributed by atoms with Crippen molar-refractivity contribution in [2.75, 3.05) is 6.61 Å². The van der Waals surface area contributed by atoms with Crippen LogP contribution in [-0.2, 0) is 4.74 Å². The Kier molecular flexibility index (Phi) is 4.92. The fourth-order valence-electron chi connectivity index (χ4n) is 3.76. The maximum Gasteiger partial charge on any atom is 0.153 e. The van der Waals surface area contributed by atoms with Crippen LogP contribution in [0.2, 0.25) is 0 Å². The van der Waals surface area contributed by atoms with Crippen LogP contribution in [0.1, 0.15) is 69.5 Å². The summed E-state index contributed by atoms with van der Waals surface area (Å²) in [5.41, 5.74) is 2.37. The summed E-state index contributed by atoms with van der Waals surface area (Å²) in [4.78, 5) is 11.5. The average molecular weight is 344 g/mol. The van der Waals surface area contributed by atoms with E-state index in [1.54, 1.807) is 6.07 Å². The Bertz CT molecular complexity index is 685. The van der Waals surface area contributed by atoms with Gasteiger partial charge in [-0.1, -0.05) is 5.57 Å². The first-order valence-corrected chi connectivity index (χ1v) is 9.05. The molecule has 0 aliphatic carbocycles. The first-order valence-electron chi connectivity index (χ1n) is 9.05. The Labute approximate surface area is 150 Å². The summed E-state index contributed by atoms with van der Waals surface area (Å²) < 4.78 is 18.4. The number of fused-ring (bicyclic) bond motifs is 3. The molecule has 1 aromatic carbocycles. The van der Waals surface area contributed by atoms with Gasteiger partial charge in [-0.05, 0) is 65.7 Å². The second-order valence-corrected chi connectivity index (χ2v) is 7.89. The smallest absolute Gasteiger partial charge is 0.153 e. The number of rotatable bonds is 4. The molecular weight excluding hydrogens is 316 g/mol. The molecule has 0 amide bonds. The maximum absolute atomic E-state index is 11.5. The minimum Gasteiger partial charge on any atom is -0.489 e. The normalized spacial score (nSPS) is 26.7. The van der Waals surface area contributed by atoms with Crippen LogP contribution in [0.5, 0.6) is 11.5 Å². The van der Waals surface area contributed by atoms with E-state index in [4.69, 9.17) is 14.2 Å². The minimum atomic E-state index is -0.317. The van der Waals surface area contributed by atoms with Crippen LogP contribution in [0.15, 0.2) is 23.8 Å². The fraction of sp³-hybridized carbons (Fsp3) is 0.571. The summed E-state index contributed by atoms with van der Waals surface area (Å²) in [7, 11) is 0. The van der Waals surface area contributed by atoms with E-state index in [0.717, 1.165) is 30.4 Å². The molecule has 3 rings (SSSR count). The van der Waals surface area contributed by atoms with Crippen LogP contribution in [0.4, 0.5) is 0 Å². The SMILES string of the molecule is CC(C)=CCOc1cc2c(cc1C=O)OC(C)(C)[C@@H]1CC[C@@H](C)O[C@@H]21. The molecule has 4 nitrogen and oxygen atoms in total. The van der Waals surface area contributed by atoms with Crippen LogP contribution in [0, 0.1) is 5.92 Å². The number of aldehydes is 1. The first-order chi connectivity index (χ1) is 11.8. The molecule has 3 atom stereocenters. The van der Waals surface area contributed by atoms with E-state index >= 15 is 0 Å². The maximum atomic E-state index is 11.5. The highest BCUT2D eigenvalue weighted by atomic mass is 16.5. The molecule has 0 N–H and O–H groups in total. The van der Waals surface area contributed by atoms with E-state index in [1.807, 2.05) is 26.0 Å². The summed E-state index contributed by atoms with van der Waals surface area (Å²) >= 11 is 0. The molecule has 136 valence electrons. The molecule has 0 radical (unpaired) electrons. The number of ether oxygens (including phenoxy) is 3. The highest BCUT2D eigenvalue weighted by Crippen LogP contribution is 2.51. The Balaban J connectivity index is 1.99. The van der Waals surface area contributed by atoms with E-state index in [-0.39, 0.29) is 17.8 Å². The van der Waals surface area contributed by atoms with E-state index in [9.17, 15) is 4.79 Å². The van der Waals surface area contributed by atoms with Crippen molar-refractivity contribution >= 4 is 6.29 Å². The molecule has 4 heteroatoms. The molecule has 25 heavy (non-hydrogen) atoms.